The number of ether oxygens (including phenoxy) is 1. The molecule has 20 heavy (non-hydrogen) atoms. The Hall–Kier alpha value is -1.69. The average molecular weight is 294 g/mol. The van der Waals surface area contributed by atoms with Gasteiger partial charge in [-0.2, -0.15) is 0 Å². The highest BCUT2D eigenvalue weighted by Crippen LogP contribution is 2.38. The molecule has 1 atom stereocenters. The van der Waals surface area contributed by atoms with Crippen molar-refractivity contribution in [3.05, 3.63) is 24.3 Å². The molecule has 0 spiro atoms. The first-order chi connectivity index (χ1) is 9.49. The zero-order valence-electron chi connectivity index (χ0n) is 11.8. The van der Waals surface area contributed by atoms with Crippen molar-refractivity contribution in [1.29, 1.82) is 0 Å². The van der Waals surface area contributed by atoms with E-state index >= 15 is 0 Å². The molecule has 1 N–H and O–H groups in total. The summed E-state index contributed by atoms with van der Waals surface area (Å²) in [7, 11) is 1.55. The predicted molar refractivity (Wildman–Crippen MR) is 79.9 cm³/mol. The molecule has 0 unspecified atom stereocenters. The first kappa shape index (κ1) is 14.7. The fourth-order valence-electron chi connectivity index (χ4n) is 2.18. The highest BCUT2D eigenvalue weighted by atomic mass is 32.2. The Labute approximate surface area is 122 Å². The number of carbonyl (C=O) groups excluding carboxylic acids is 2. The van der Waals surface area contributed by atoms with E-state index < -0.39 is 6.04 Å². The number of para-hydroxylation sites is 2. The maximum atomic E-state index is 12.4. The van der Waals surface area contributed by atoms with Crippen LogP contribution in [0.2, 0.25) is 0 Å². The Bertz CT molecular complexity index is 519. The maximum Gasteiger partial charge on any atom is 0.248 e. The van der Waals surface area contributed by atoms with Crippen LogP contribution in [0, 0.1) is 0 Å². The Balaban J connectivity index is 2.15. The van der Waals surface area contributed by atoms with Gasteiger partial charge in [0.1, 0.15) is 11.8 Å². The minimum Gasteiger partial charge on any atom is -0.495 e. The molecule has 0 bridgehead atoms. The van der Waals surface area contributed by atoms with Gasteiger partial charge in [-0.1, -0.05) is 12.1 Å². The molecule has 0 saturated carbocycles. The van der Waals surface area contributed by atoms with Gasteiger partial charge in [0.2, 0.25) is 12.3 Å². The maximum absolute atomic E-state index is 12.4. The molecule has 0 radical (unpaired) electrons. The van der Waals surface area contributed by atoms with Crippen LogP contribution in [0.1, 0.15) is 13.8 Å². The number of hydrogen-bond acceptors (Lipinski definition) is 4. The van der Waals surface area contributed by atoms with Gasteiger partial charge in [0, 0.05) is 5.75 Å². The van der Waals surface area contributed by atoms with Gasteiger partial charge < -0.3 is 15.0 Å². The third-order valence-corrected chi connectivity index (χ3v) is 4.73. The summed E-state index contributed by atoms with van der Waals surface area (Å²) in [6.07, 6.45) is 0.743. The number of thioether (sulfide) groups is 1. The molecule has 1 aromatic carbocycles. The summed E-state index contributed by atoms with van der Waals surface area (Å²) in [5.74, 6) is 0.996. The summed E-state index contributed by atoms with van der Waals surface area (Å²) in [5, 5.41) is 2.83. The lowest BCUT2D eigenvalue weighted by molar-refractivity contribution is -0.130. The number of nitrogens with one attached hydrogen (secondary N) is 1. The van der Waals surface area contributed by atoms with Gasteiger partial charge >= 0.3 is 0 Å². The van der Waals surface area contributed by atoms with Crippen molar-refractivity contribution in [2.24, 2.45) is 0 Å². The second-order valence-corrected chi connectivity index (χ2v) is 6.60. The van der Waals surface area contributed by atoms with Gasteiger partial charge in [0.25, 0.3) is 0 Å². The Morgan fingerprint density at radius 2 is 2.20 bits per heavy atom. The van der Waals surface area contributed by atoms with E-state index in [1.807, 2.05) is 26.0 Å². The Morgan fingerprint density at radius 3 is 2.85 bits per heavy atom. The molecule has 108 valence electrons. The van der Waals surface area contributed by atoms with Crippen LogP contribution in [-0.4, -0.2) is 41.0 Å². The second-order valence-electron chi connectivity index (χ2n) is 4.98. The molecule has 0 aromatic heterocycles. The lowest BCUT2D eigenvalue weighted by Crippen LogP contribution is -2.47. The molecule has 1 saturated heterocycles. The molecule has 1 aliphatic rings. The third kappa shape index (κ3) is 2.75. The average Bonchev–Trinajstić information content (AvgIpc) is 2.74. The van der Waals surface area contributed by atoms with Crippen LogP contribution in [0.15, 0.2) is 24.3 Å². The Morgan fingerprint density at radius 1 is 1.50 bits per heavy atom. The summed E-state index contributed by atoms with van der Waals surface area (Å²) in [6, 6.07) is 6.75. The third-order valence-electron chi connectivity index (χ3n) is 3.33. The fourth-order valence-corrected chi connectivity index (χ4v) is 3.38. The van der Waals surface area contributed by atoms with Crippen LogP contribution < -0.4 is 10.1 Å². The zero-order valence-corrected chi connectivity index (χ0v) is 12.6. The van der Waals surface area contributed by atoms with E-state index in [0.717, 1.165) is 6.41 Å². The molecule has 1 aliphatic heterocycles. The highest BCUT2D eigenvalue weighted by Gasteiger charge is 2.42. The first-order valence-electron chi connectivity index (χ1n) is 6.31. The monoisotopic (exact) mass is 294 g/mol. The number of nitrogens with zero attached hydrogens (tertiary/aromatic N) is 1. The minimum atomic E-state index is -0.461. The van der Waals surface area contributed by atoms with Crippen molar-refractivity contribution >= 4 is 29.8 Å². The van der Waals surface area contributed by atoms with Crippen LogP contribution in [0.4, 0.5) is 5.69 Å². The number of benzene rings is 1. The van der Waals surface area contributed by atoms with Gasteiger partial charge in [-0.15, -0.1) is 11.8 Å². The molecule has 1 fully saturated rings. The quantitative estimate of drug-likeness (QED) is 0.862. The minimum absolute atomic E-state index is 0.195. The lowest BCUT2D eigenvalue weighted by atomic mass is 10.2. The van der Waals surface area contributed by atoms with Crippen molar-refractivity contribution < 1.29 is 14.3 Å². The van der Waals surface area contributed by atoms with E-state index in [4.69, 9.17) is 4.74 Å². The predicted octanol–water partition coefficient (Wildman–Crippen LogP) is 1.94. The van der Waals surface area contributed by atoms with Gasteiger partial charge in [-0.25, -0.2) is 0 Å². The van der Waals surface area contributed by atoms with E-state index in [2.05, 4.69) is 5.32 Å². The summed E-state index contributed by atoms with van der Waals surface area (Å²) < 4.78 is 5.20. The highest BCUT2D eigenvalue weighted by molar-refractivity contribution is 8.00. The molecule has 5 nitrogen and oxygen atoms in total. The van der Waals surface area contributed by atoms with Gasteiger partial charge in [0.15, 0.2) is 0 Å². The topological polar surface area (TPSA) is 58.6 Å². The van der Waals surface area contributed by atoms with Crippen molar-refractivity contribution in [2.45, 2.75) is 24.8 Å². The summed E-state index contributed by atoms with van der Waals surface area (Å²) in [5.41, 5.74) is 0.612. The largest absolute Gasteiger partial charge is 0.495 e. The first-order valence-corrected chi connectivity index (χ1v) is 7.29. The second kappa shape index (κ2) is 5.75. The molecular formula is C14H18N2O3S. The standard InChI is InChI=1S/C14H18N2O3S/c1-14(2)16(9-17)11(8-20-14)13(18)15-10-6-4-5-7-12(10)19-3/h4-7,9,11H,8H2,1-3H3,(H,15,18)/t11-/m1/s1. The molecular weight excluding hydrogens is 276 g/mol. The van der Waals surface area contributed by atoms with Crippen LogP contribution in [-0.2, 0) is 9.59 Å². The van der Waals surface area contributed by atoms with E-state index in [-0.39, 0.29) is 10.8 Å². The molecule has 0 aliphatic carbocycles. The Kier molecular flexibility index (Phi) is 4.23. The number of amides is 2. The van der Waals surface area contributed by atoms with Crippen molar-refractivity contribution in [1.82, 2.24) is 4.90 Å². The summed E-state index contributed by atoms with van der Waals surface area (Å²) in [4.78, 5) is 24.8. The van der Waals surface area contributed by atoms with Crippen LogP contribution >= 0.6 is 11.8 Å². The number of rotatable bonds is 4. The number of methoxy groups -OCH3 is 1. The normalized spacial score (nSPS) is 20.6. The smallest absolute Gasteiger partial charge is 0.248 e. The molecule has 1 aromatic rings. The van der Waals surface area contributed by atoms with E-state index in [1.54, 1.807) is 35.9 Å². The fraction of sp³-hybridized carbons (Fsp3) is 0.429. The molecule has 1 heterocycles. The van der Waals surface area contributed by atoms with Gasteiger partial charge in [0.05, 0.1) is 17.7 Å². The summed E-state index contributed by atoms with van der Waals surface area (Å²) >= 11 is 1.59. The van der Waals surface area contributed by atoms with Gasteiger partial charge in [-0.3, -0.25) is 9.59 Å². The van der Waals surface area contributed by atoms with Crippen LogP contribution in [0.3, 0.4) is 0 Å². The van der Waals surface area contributed by atoms with Crippen LogP contribution in [0.25, 0.3) is 0 Å². The summed E-state index contributed by atoms with van der Waals surface area (Å²) in [6.45, 7) is 3.87. The van der Waals surface area contributed by atoms with Gasteiger partial charge in [-0.05, 0) is 26.0 Å². The molecule has 2 amide bonds. The SMILES string of the molecule is COc1ccccc1NC(=O)[C@H]1CSC(C)(C)N1C=O. The van der Waals surface area contributed by atoms with Crippen molar-refractivity contribution in [2.75, 3.05) is 18.2 Å². The zero-order chi connectivity index (χ0) is 14.8. The van der Waals surface area contributed by atoms with Crippen molar-refractivity contribution in [3.8, 4) is 5.75 Å². The van der Waals surface area contributed by atoms with Crippen molar-refractivity contribution in [3.63, 3.8) is 0 Å². The van der Waals surface area contributed by atoms with Crippen LogP contribution in [0.5, 0.6) is 5.75 Å². The number of anilines is 1. The van der Waals surface area contributed by atoms with E-state index in [0.29, 0.717) is 17.2 Å². The van der Waals surface area contributed by atoms with E-state index in [1.165, 1.54) is 0 Å². The molecule has 6 heteroatoms. The lowest BCUT2D eigenvalue weighted by Gasteiger charge is -2.30. The van der Waals surface area contributed by atoms with E-state index in [9.17, 15) is 9.59 Å². The molecule has 2 rings (SSSR count). The number of hydrogen-bond donors (Lipinski definition) is 1. The number of carbonyl (C=O) groups is 2.